The lowest BCUT2D eigenvalue weighted by atomic mass is 9.83. The molecule has 0 atom stereocenters. The molecule has 0 bridgehead atoms. The fourth-order valence-corrected chi connectivity index (χ4v) is 6.87. The van der Waals surface area contributed by atoms with E-state index < -0.39 is 6.97 Å². The topological polar surface area (TPSA) is 88.6 Å². The first-order valence-corrected chi connectivity index (χ1v) is 14.9. The van der Waals surface area contributed by atoms with Gasteiger partial charge in [0.2, 0.25) is 5.16 Å². The van der Waals surface area contributed by atoms with Crippen LogP contribution in [0.4, 0.5) is 8.63 Å². The highest BCUT2D eigenvalue weighted by atomic mass is 35.5. The maximum atomic E-state index is 16.4. The SMILES string of the molecule is CCC1=C(C)C2=C(c3ccc(C(=O)NCCSc4nnc(Cl)nn4)cc3)c3c(C)c(CC)c(C)n3[B-](F)(F)[N+]2=C1C. The molecule has 2 aliphatic rings. The number of carbonyl (C=O) groups excluding carboxylic acids is 1. The molecule has 41 heavy (non-hydrogen) atoms. The van der Waals surface area contributed by atoms with Crippen LogP contribution in [0.15, 0.2) is 46.3 Å². The quantitative estimate of drug-likeness (QED) is 0.206. The van der Waals surface area contributed by atoms with Crippen molar-refractivity contribution in [1.82, 2.24) is 30.2 Å². The van der Waals surface area contributed by atoms with E-state index in [2.05, 4.69) is 25.7 Å². The fraction of sp³-hybridized carbons (Fsp3) is 0.357. The van der Waals surface area contributed by atoms with Crippen LogP contribution in [0.1, 0.15) is 72.6 Å². The Balaban J connectivity index is 1.49. The van der Waals surface area contributed by atoms with Gasteiger partial charge in [0.25, 0.3) is 11.2 Å². The number of halogens is 3. The Morgan fingerprint density at radius 1 is 1.05 bits per heavy atom. The molecule has 3 aromatic rings. The summed E-state index contributed by atoms with van der Waals surface area (Å²) in [4.78, 5) is 12.8. The first-order chi connectivity index (χ1) is 19.5. The van der Waals surface area contributed by atoms with Crippen molar-refractivity contribution in [2.45, 2.75) is 59.5 Å². The lowest BCUT2D eigenvalue weighted by Gasteiger charge is -2.34. The van der Waals surface area contributed by atoms with Gasteiger partial charge in [-0.1, -0.05) is 37.7 Å². The van der Waals surface area contributed by atoms with Gasteiger partial charge in [-0.05, 0) is 79.7 Å². The van der Waals surface area contributed by atoms with Crippen LogP contribution >= 0.6 is 23.4 Å². The van der Waals surface area contributed by atoms with Gasteiger partial charge in [-0.15, -0.1) is 20.4 Å². The molecular weight excluding hydrogens is 567 g/mol. The predicted molar refractivity (Wildman–Crippen MR) is 159 cm³/mol. The van der Waals surface area contributed by atoms with E-state index in [0.29, 0.717) is 58.7 Å². The minimum Gasteiger partial charge on any atom is -0.393 e. The molecule has 2 aromatic heterocycles. The van der Waals surface area contributed by atoms with Crippen LogP contribution in [0.25, 0.3) is 5.57 Å². The Labute approximate surface area is 247 Å². The highest BCUT2D eigenvalue weighted by Crippen LogP contribution is 2.47. The van der Waals surface area contributed by atoms with Crippen LogP contribution in [0.5, 0.6) is 0 Å². The van der Waals surface area contributed by atoms with Gasteiger partial charge in [0.05, 0.1) is 5.57 Å². The molecule has 0 aliphatic carbocycles. The monoisotopic (exact) mass is 597 g/mol. The molecule has 8 nitrogen and oxygen atoms in total. The zero-order chi connectivity index (χ0) is 29.6. The smallest absolute Gasteiger partial charge is 0.393 e. The molecule has 2 aliphatic heterocycles. The van der Waals surface area contributed by atoms with Crippen LogP contribution in [-0.2, 0) is 6.42 Å². The molecule has 1 N–H and O–H groups in total. The van der Waals surface area contributed by atoms with Gasteiger partial charge in [0.1, 0.15) is 5.71 Å². The van der Waals surface area contributed by atoms with E-state index in [1.807, 2.05) is 39.8 Å². The molecule has 0 unspecified atom stereocenters. The Morgan fingerprint density at radius 2 is 1.71 bits per heavy atom. The normalized spacial score (nSPS) is 15.9. The molecule has 5 rings (SSSR count). The average Bonchev–Trinajstić information content (AvgIpc) is 3.36. The van der Waals surface area contributed by atoms with Crippen molar-refractivity contribution < 1.29 is 17.9 Å². The van der Waals surface area contributed by atoms with Crippen molar-refractivity contribution in [3.8, 4) is 0 Å². The number of nitrogens with zero attached hydrogens (tertiary/aromatic N) is 6. The maximum absolute atomic E-state index is 16.4. The second-order valence-corrected chi connectivity index (χ2v) is 11.5. The van der Waals surface area contributed by atoms with Crippen LogP contribution < -0.4 is 5.32 Å². The Morgan fingerprint density at radius 3 is 2.32 bits per heavy atom. The number of rotatable bonds is 8. The molecule has 0 fully saturated rings. The first kappa shape index (κ1) is 29.1. The summed E-state index contributed by atoms with van der Waals surface area (Å²) in [6, 6.07) is 7.18. The number of hydrogen-bond donors (Lipinski definition) is 1. The number of hydrogen-bond acceptors (Lipinski definition) is 6. The highest BCUT2D eigenvalue weighted by Gasteiger charge is 2.56. The van der Waals surface area contributed by atoms with Crippen LogP contribution in [0, 0.1) is 13.8 Å². The molecule has 0 radical (unpaired) electrons. The van der Waals surface area contributed by atoms with Crippen molar-refractivity contribution in [2.75, 3.05) is 12.3 Å². The van der Waals surface area contributed by atoms with E-state index in [9.17, 15) is 4.79 Å². The molecule has 1 aromatic carbocycles. The predicted octanol–water partition coefficient (Wildman–Crippen LogP) is 5.63. The van der Waals surface area contributed by atoms with Crippen molar-refractivity contribution >= 4 is 47.5 Å². The lowest BCUT2D eigenvalue weighted by Crippen LogP contribution is -2.51. The molecule has 0 saturated carbocycles. The van der Waals surface area contributed by atoms with E-state index in [1.54, 1.807) is 26.0 Å². The van der Waals surface area contributed by atoms with Crippen LogP contribution in [-0.4, -0.2) is 60.2 Å². The van der Waals surface area contributed by atoms with E-state index in [1.165, 1.54) is 20.7 Å². The summed E-state index contributed by atoms with van der Waals surface area (Å²) >= 11 is 6.90. The van der Waals surface area contributed by atoms with Gasteiger partial charge in [-0.25, -0.2) is 0 Å². The minimum atomic E-state index is -4.08. The molecule has 13 heteroatoms. The number of allylic oxidation sites excluding steroid dienone is 2. The van der Waals surface area contributed by atoms with Crippen LogP contribution in [0.2, 0.25) is 5.28 Å². The highest BCUT2D eigenvalue weighted by molar-refractivity contribution is 7.99. The second-order valence-electron chi connectivity index (χ2n) is 10.1. The fourth-order valence-electron chi connectivity index (χ4n) is 6.21. The average molecular weight is 598 g/mol. The first-order valence-electron chi connectivity index (χ1n) is 13.6. The lowest BCUT2D eigenvalue weighted by molar-refractivity contribution is -0.363. The number of fused-ring (bicyclic) bond motifs is 2. The Bertz CT molecular complexity index is 1650. The van der Waals surface area contributed by atoms with Crippen molar-refractivity contribution in [3.63, 3.8) is 0 Å². The van der Waals surface area contributed by atoms with E-state index in [-0.39, 0.29) is 11.2 Å². The summed E-state index contributed by atoms with van der Waals surface area (Å²) in [5.41, 5.74) is 7.99. The number of benzene rings is 1. The van der Waals surface area contributed by atoms with Gasteiger partial charge >= 0.3 is 6.97 Å². The van der Waals surface area contributed by atoms with Gasteiger partial charge in [-0.2, -0.15) is 0 Å². The largest absolute Gasteiger partial charge is 0.737 e. The molecule has 1 amide bonds. The Kier molecular flexibility index (Phi) is 7.91. The van der Waals surface area contributed by atoms with E-state index in [0.717, 1.165) is 33.4 Å². The van der Waals surface area contributed by atoms with Crippen molar-refractivity contribution in [3.05, 3.63) is 80.0 Å². The molecule has 0 saturated heterocycles. The maximum Gasteiger partial charge on any atom is 0.737 e. The number of thioether (sulfide) groups is 1. The van der Waals surface area contributed by atoms with Gasteiger partial charge in [0, 0.05) is 41.6 Å². The molecule has 214 valence electrons. The second kappa shape index (κ2) is 11.1. The Hall–Kier alpha value is -3.38. The zero-order valence-electron chi connectivity index (χ0n) is 23.8. The summed E-state index contributed by atoms with van der Waals surface area (Å²) < 4.78 is 35.3. The summed E-state index contributed by atoms with van der Waals surface area (Å²) in [5.74, 6) is 0.286. The van der Waals surface area contributed by atoms with E-state index >= 15 is 8.63 Å². The third-order valence-corrected chi connectivity index (χ3v) is 8.97. The molecule has 0 spiro atoms. The van der Waals surface area contributed by atoms with Crippen LogP contribution in [0.3, 0.4) is 0 Å². The van der Waals surface area contributed by atoms with Gasteiger partial charge in [0.15, 0.2) is 5.70 Å². The van der Waals surface area contributed by atoms with Crippen molar-refractivity contribution in [1.29, 1.82) is 0 Å². The minimum absolute atomic E-state index is 0.0271. The summed E-state index contributed by atoms with van der Waals surface area (Å²) in [6.45, 7) is 7.75. The van der Waals surface area contributed by atoms with E-state index in [4.69, 9.17) is 11.6 Å². The standard InChI is InChI=1S/C28H31BClF2N7OS/c1-7-21-15(3)24-23(25-16(4)22(8-2)18(6)39(25)29(31,32)38(24)17(21)5)19-9-11-20(12-10-19)26(40)33-13-14-41-28-36-34-27(30)35-37-28/h9-12H,7-8,13-14H2,1-6H3,(H,33,40). The summed E-state index contributed by atoms with van der Waals surface area (Å²) in [5, 5.41) is 18.2. The number of amides is 1. The summed E-state index contributed by atoms with van der Waals surface area (Å²) in [6.07, 6.45) is 1.33. The third-order valence-electron chi connectivity index (χ3n) is 7.99. The zero-order valence-corrected chi connectivity index (χ0v) is 25.4. The summed E-state index contributed by atoms with van der Waals surface area (Å²) in [7, 11) is 0. The van der Waals surface area contributed by atoms with Gasteiger partial charge < -0.3 is 22.9 Å². The van der Waals surface area contributed by atoms with Crippen molar-refractivity contribution in [2.24, 2.45) is 0 Å². The number of carbonyl (C=O) groups is 1. The molecule has 4 heterocycles. The number of aromatic nitrogens is 5. The third kappa shape index (κ3) is 4.80. The van der Waals surface area contributed by atoms with Gasteiger partial charge in [-0.3, -0.25) is 4.79 Å². The number of nitrogens with one attached hydrogen (secondary N) is 1. The molecular formula is C28H31BClF2N7OS.